The molecule has 4 aromatic rings. The van der Waals surface area contributed by atoms with Gasteiger partial charge in [0.2, 0.25) is 0 Å². The van der Waals surface area contributed by atoms with E-state index in [-0.39, 0.29) is 6.10 Å². The van der Waals surface area contributed by atoms with E-state index in [2.05, 4.69) is 63.7 Å². The highest BCUT2D eigenvalue weighted by Crippen LogP contribution is 2.50. The smallest absolute Gasteiger partial charge is 0.159 e. The van der Waals surface area contributed by atoms with Crippen molar-refractivity contribution in [1.82, 2.24) is 0 Å². The van der Waals surface area contributed by atoms with Crippen LogP contribution < -0.4 is 14.8 Å². The fraction of sp³-hybridized carbons (Fsp3) is 0.0833. The van der Waals surface area contributed by atoms with E-state index >= 15 is 0 Å². The Morgan fingerprint density at radius 2 is 1.79 bits per heavy atom. The number of ether oxygens (including phenoxy) is 2. The Morgan fingerprint density at radius 1 is 0.931 bits per heavy atom. The van der Waals surface area contributed by atoms with E-state index in [1.54, 1.807) is 18.4 Å². The number of halogens is 1. The van der Waals surface area contributed by atoms with E-state index in [0.717, 1.165) is 48.2 Å². The van der Waals surface area contributed by atoms with Crippen LogP contribution >= 0.6 is 27.3 Å². The van der Waals surface area contributed by atoms with Gasteiger partial charge in [-0.2, -0.15) is 0 Å². The summed E-state index contributed by atoms with van der Waals surface area (Å²) in [6.45, 7) is 0. The van der Waals surface area contributed by atoms with Gasteiger partial charge in [0.15, 0.2) is 6.10 Å². The van der Waals surface area contributed by atoms with Crippen molar-refractivity contribution in [2.75, 3.05) is 12.4 Å². The van der Waals surface area contributed by atoms with Crippen LogP contribution in [-0.2, 0) is 0 Å². The van der Waals surface area contributed by atoms with Gasteiger partial charge in [0.25, 0.3) is 0 Å². The third-order valence-corrected chi connectivity index (χ3v) is 6.64. The summed E-state index contributed by atoms with van der Waals surface area (Å²) in [6, 6.07) is 26.7. The van der Waals surface area contributed by atoms with E-state index < -0.39 is 0 Å². The van der Waals surface area contributed by atoms with Crippen molar-refractivity contribution in [3.63, 3.8) is 0 Å². The summed E-state index contributed by atoms with van der Waals surface area (Å²) in [7, 11) is 1.70. The number of nitrogens with one attached hydrogen (secondary N) is 1. The number of para-hydroxylation sites is 1. The lowest BCUT2D eigenvalue weighted by molar-refractivity contribution is 0.246. The average Bonchev–Trinajstić information content (AvgIpc) is 3.19. The lowest BCUT2D eigenvalue weighted by atomic mass is 9.91. The molecule has 0 saturated carbocycles. The molecule has 1 aromatic heterocycles. The molecule has 1 aliphatic heterocycles. The molecule has 5 heteroatoms. The predicted molar refractivity (Wildman–Crippen MR) is 123 cm³/mol. The normalized spacial score (nSPS) is 14.5. The number of anilines is 2. The van der Waals surface area contributed by atoms with Gasteiger partial charge >= 0.3 is 0 Å². The molecule has 0 saturated heterocycles. The van der Waals surface area contributed by atoms with Crippen LogP contribution in [0.25, 0.3) is 11.1 Å². The monoisotopic (exact) mass is 463 g/mol. The topological polar surface area (TPSA) is 30.5 Å². The van der Waals surface area contributed by atoms with Crippen LogP contribution in [0.15, 0.2) is 82.6 Å². The molecule has 3 aromatic carbocycles. The minimum Gasteiger partial charge on any atom is -0.496 e. The van der Waals surface area contributed by atoms with Crippen molar-refractivity contribution in [3.05, 3.63) is 93.1 Å². The lowest BCUT2D eigenvalue weighted by Crippen LogP contribution is -2.15. The third-order valence-electron chi connectivity index (χ3n) is 4.97. The lowest BCUT2D eigenvalue weighted by Gasteiger charge is -2.30. The summed E-state index contributed by atoms with van der Waals surface area (Å²) in [6.07, 6.45) is -0.168. The zero-order chi connectivity index (χ0) is 19.8. The Bertz CT molecular complexity index is 1170. The van der Waals surface area contributed by atoms with Crippen molar-refractivity contribution >= 4 is 38.6 Å². The summed E-state index contributed by atoms with van der Waals surface area (Å²) < 4.78 is 13.2. The molecule has 1 unspecified atom stereocenters. The predicted octanol–water partition coefficient (Wildman–Crippen LogP) is 7.41. The number of methoxy groups -OCH3 is 1. The molecule has 29 heavy (non-hydrogen) atoms. The Hall–Kier alpha value is -2.76. The van der Waals surface area contributed by atoms with Crippen LogP contribution in [0.5, 0.6) is 11.5 Å². The van der Waals surface area contributed by atoms with E-state index in [1.165, 1.54) is 0 Å². The number of fused-ring (bicyclic) bond motifs is 3. The second-order valence-electron chi connectivity index (χ2n) is 6.77. The van der Waals surface area contributed by atoms with E-state index in [0.29, 0.717) is 0 Å². The van der Waals surface area contributed by atoms with Crippen molar-refractivity contribution in [1.29, 1.82) is 0 Å². The Morgan fingerprint density at radius 3 is 2.55 bits per heavy atom. The van der Waals surface area contributed by atoms with E-state index in [9.17, 15) is 0 Å². The van der Waals surface area contributed by atoms with E-state index in [4.69, 9.17) is 9.47 Å². The highest BCUT2D eigenvalue weighted by molar-refractivity contribution is 9.11. The van der Waals surface area contributed by atoms with Crippen LogP contribution in [0.2, 0.25) is 0 Å². The number of thiophene rings is 1. The van der Waals surface area contributed by atoms with Gasteiger partial charge < -0.3 is 14.8 Å². The van der Waals surface area contributed by atoms with Crippen LogP contribution in [0.1, 0.15) is 16.5 Å². The fourth-order valence-electron chi connectivity index (χ4n) is 3.69. The number of hydrogen-bond donors (Lipinski definition) is 1. The summed E-state index contributed by atoms with van der Waals surface area (Å²) in [5.74, 6) is 1.66. The summed E-state index contributed by atoms with van der Waals surface area (Å²) >= 11 is 5.27. The maximum Gasteiger partial charge on any atom is 0.159 e. The molecule has 144 valence electrons. The van der Waals surface area contributed by atoms with Crippen molar-refractivity contribution < 1.29 is 9.47 Å². The zero-order valence-corrected chi connectivity index (χ0v) is 18.1. The molecule has 0 fully saturated rings. The first-order chi connectivity index (χ1) is 14.2. The van der Waals surface area contributed by atoms with Gasteiger partial charge in [0, 0.05) is 16.9 Å². The maximum atomic E-state index is 6.49. The summed E-state index contributed by atoms with van der Waals surface area (Å²) in [5, 5.41) is 3.49. The minimum atomic E-state index is -0.168. The molecular formula is C24H18BrNO2S. The quantitative estimate of drug-likeness (QED) is 0.341. The van der Waals surface area contributed by atoms with Gasteiger partial charge in [-0.3, -0.25) is 0 Å². The number of benzene rings is 3. The SMILES string of the molecule is COc1cccc2c1-c1ccc(Nc3ccccc3)cc1C(c1ccc(Br)s1)O2. The van der Waals surface area contributed by atoms with Gasteiger partial charge in [0.05, 0.1) is 21.3 Å². The first-order valence-electron chi connectivity index (χ1n) is 9.28. The van der Waals surface area contributed by atoms with Crippen LogP contribution in [-0.4, -0.2) is 7.11 Å². The van der Waals surface area contributed by atoms with Crippen molar-refractivity contribution in [2.24, 2.45) is 0 Å². The van der Waals surface area contributed by atoms with E-state index in [1.807, 2.05) is 36.4 Å². The fourth-order valence-corrected chi connectivity index (χ4v) is 5.16. The second kappa shape index (κ2) is 7.58. The van der Waals surface area contributed by atoms with Crippen LogP contribution in [0, 0.1) is 0 Å². The molecule has 1 aliphatic rings. The molecule has 0 amide bonds. The standard InChI is InChI=1S/C24H18BrNO2S/c1-27-19-8-5-9-20-23(19)17-11-10-16(26-15-6-3-2-4-7-15)14-18(17)24(28-20)21-12-13-22(25)29-21/h2-14,24,26H,1H3. The summed E-state index contributed by atoms with van der Waals surface area (Å²) in [4.78, 5) is 1.16. The minimum absolute atomic E-state index is 0.168. The zero-order valence-electron chi connectivity index (χ0n) is 15.7. The highest BCUT2D eigenvalue weighted by atomic mass is 79.9. The molecular weight excluding hydrogens is 446 g/mol. The molecule has 5 rings (SSSR count). The first kappa shape index (κ1) is 18.3. The Balaban J connectivity index is 1.65. The number of hydrogen-bond acceptors (Lipinski definition) is 4. The van der Waals surface area contributed by atoms with Gasteiger partial charge in [0.1, 0.15) is 11.5 Å². The van der Waals surface area contributed by atoms with Crippen LogP contribution in [0.3, 0.4) is 0 Å². The van der Waals surface area contributed by atoms with Gasteiger partial charge in [-0.25, -0.2) is 0 Å². The first-order valence-corrected chi connectivity index (χ1v) is 10.9. The Kier molecular flexibility index (Phi) is 4.78. The molecule has 0 bridgehead atoms. The van der Waals surface area contributed by atoms with Gasteiger partial charge in [-0.05, 0) is 70.0 Å². The Labute approximate surface area is 182 Å². The third kappa shape index (κ3) is 3.41. The van der Waals surface area contributed by atoms with Gasteiger partial charge in [-0.1, -0.05) is 30.3 Å². The molecule has 0 spiro atoms. The molecule has 3 nitrogen and oxygen atoms in total. The molecule has 2 heterocycles. The molecule has 0 aliphatic carbocycles. The highest BCUT2D eigenvalue weighted by Gasteiger charge is 2.30. The van der Waals surface area contributed by atoms with Crippen molar-refractivity contribution in [2.45, 2.75) is 6.10 Å². The number of rotatable bonds is 4. The molecule has 1 atom stereocenters. The molecule has 1 N–H and O–H groups in total. The van der Waals surface area contributed by atoms with Crippen molar-refractivity contribution in [3.8, 4) is 22.6 Å². The second-order valence-corrected chi connectivity index (χ2v) is 9.26. The largest absolute Gasteiger partial charge is 0.496 e. The van der Waals surface area contributed by atoms with Gasteiger partial charge in [-0.15, -0.1) is 11.3 Å². The summed E-state index contributed by atoms with van der Waals surface area (Å²) in [5.41, 5.74) is 5.34. The molecule has 0 radical (unpaired) electrons. The van der Waals surface area contributed by atoms with Crippen LogP contribution in [0.4, 0.5) is 11.4 Å². The maximum absolute atomic E-state index is 6.49. The average molecular weight is 464 g/mol.